The van der Waals surface area contributed by atoms with Gasteiger partial charge in [0.1, 0.15) is 74.1 Å². The molecule has 7 aromatic rings. The minimum atomic E-state index is 0.176. The summed E-state index contributed by atoms with van der Waals surface area (Å²) in [6.07, 6.45) is 0. The van der Waals surface area contributed by atoms with Crippen molar-refractivity contribution in [3.8, 4) is 101 Å². The standard InChI is InChI=1S/C108H162O36/c1-109-25-31-115-37-43-121-49-55-127-61-67-133-73-79-139-103-87-99(105(85-97(103)91-13-9-7-10-14-91)141-81-75-135-69-63-129-57-51-123-45-39-117-33-27-111-3)93-17-21-95(22-18-93)101-89-108(144-84-78-138-72-66-132-60-54-126-48-42-120-36-30-114-6)102(90-107(101)143-83-77-137-71-65-131-59-53-125-47-41-119-35-29-113-5)96-23-19-94(20-24-96)100-88-104(140-80-74-134-68-62-128-56-50-122-44-38-116-32-26-110-2)98(92-15-11-8-12-16-92)86-106(100)142-82-76-136-70-64-130-58-52-124-46-40-118-34-28-112-4/h7-24,85-90H,25-84H2,1-6H3. The van der Waals surface area contributed by atoms with E-state index in [4.69, 9.17) is 171 Å². The zero-order valence-corrected chi connectivity index (χ0v) is 86.0. The Balaban J connectivity index is 1.22. The monoisotopic (exact) mass is 2040 g/mol. The van der Waals surface area contributed by atoms with Crippen LogP contribution in [0.15, 0.2) is 146 Å². The van der Waals surface area contributed by atoms with Crippen molar-refractivity contribution in [3.63, 3.8) is 0 Å². The topological polar surface area (TPSA) is 332 Å². The maximum atomic E-state index is 6.94. The van der Waals surface area contributed by atoms with E-state index < -0.39 is 0 Å². The van der Waals surface area contributed by atoms with Crippen LogP contribution in [-0.4, -0.2) is 439 Å². The van der Waals surface area contributed by atoms with Gasteiger partial charge < -0.3 is 171 Å². The van der Waals surface area contributed by atoms with E-state index >= 15 is 0 Å². The van der Waals surface area contributed by atoms with Crippen LogP contribution in [0.3, 0.4) is 0 Å². The Labute approximate surface area is 852 Å². The van der Waals surface area contributed by atoms with E-state index in [-0.39, 0.29) is 66.1 Å². The van der Waals surface area contributed by atoms with Crippen molar-refractivity contribution in [1.82, 2.24) is 0 Å². The first kappa shape index (κ1) is 123. The number of hydrogen-bond donors (Lipinski definition) is 0. The van der Waals surface area contributed by atoms with E-state index in [0.717, 1.165) is 66.8 Å². The molecule has 0 N–H and O–H groups in total. The summed E-state index contributed by atoms with van der Waals surface area (Å²) in [6.45, 7) is 24.1. The Kier molecular flexibility index (Phi) is 75.3. The summed E-state index contributed by atoms with van der Waals surface area (Å²) in [5.41, 5.74) is 9.80. The smallest absolute Gasteiger partial charge is 0.128 e. The highest BCUT2D eigenvalue weighted by Gasteiger charge is 2.23. The quantitative estimate of drug-likeness (QED) is 0.0320. The summed E-state index contributed by atoms with van der Waals surface area (Å²) in [6, 6.07) is 48.7. The van der Waals surface area contributed by atoms with Crippen LogP contribution < -0.4 is 28.4 Å². The number of hydrogen-bond acceptors (Lipinski definition) is 36. The van der Waals surface area contributed by atoms with E-state index in [2.05, 4.69) is 48.5 Å². The number of ether oxygens (including phenoxy) is 36. The van der Waals surface area contributed by atoms with Crippen LogP contribution in [0.25, 0.3) is 66.8 Å². The van der Waals surface area contributed by atoms with Gasteiger partial charge in [-0.3, -0.25) is 0 Å². The van der Waals surface area contributed by atoms with Crippen LogP contribution in [0.5, 0.6) is 34.5 Å². The van der Waals surface area contributed by atoms with Gasteiger partial charge in [-0.25, -0.2) is 0 Å². The highest BCUT2D eigenvalue weighted by atomic mass is 16.6. The molecule has 36 nitrogen and oxygen atoms in total. The highest BCUT2D eigenvalue weighted by molar-refractivity contribution is 5.87. The van der Waals surface area contributed by atoms with Crippen LogP contribution in [0.2, 0.25) is 0 Å². The first-order valence-corrected chi connectivity index (χ1v) is 49.9. The molecule has 0 aliphatic carbocycles. The van der Waals surface area contributed by atoms with Gasteiger partial charge in [-0.05, 0) is 69.8 Å². The molecule has 0 spiro atoms. The molecule has 0 bridgehead atoms. The molecule has 7 aromatic carbocycles. The van der Waals surface area contributed by atoms with E-state index in [9.17, 15) is 0 Å². The molecule has 0 aliphatic heterocycles. The van der Waals surface area contributed by atoms with Crippen LogP contribution in [0.4, 0.5) is 0 Å². The van der Waals surface area contributed by atoms with Gasteiger partial charge in [-0.2, -0.15) is 0 Å². The van der Waals surface area contributed by atoms with Gasteiger partial charge in [0.05, 0.1) is 357 Å². The number of methoxy groups -OCH3 is 6. The Morgan fingerprint density at radius 1 is 0.111 bits per heavy atom. The Hall–Kier alpha value is -7.86. The summed E-state index contributed by atoms with van der Waals surface area (Å²) in [7, 11) is 9.85. The molecule has 0 aromatic heterocycles. The molecule has 0 saturated heterocycles. The normalized spacial score (nSPS) is 11.5. The maximum absolute atomic E-state index is 6.94. The molecule has 7 rings (SSSR count). The number of rotatable bonds is 102. The van der Waals surface area contributed by atoms with Crippen molar-refractivity contribution in [2.75, 3.05) is 439 Å². The summed E-state index contributed by atoms with van der Waals surface area (Å²) >= 11 is 0. The molecule has 0 heterocycles. The van der Waals surface area contributed by atoms with Crippen molar-refractivity contribution >= 4 is 0 Å². The third-order valence-electron chi connectivity index (χ3n) is 20.6. The average molecular weight is 2040 g/mol. The van der Waals surface area contributed by atoms with E-state index in [1.165, 1.54) is 0 Å². The molecule has 0 fully saturated rings. The van der Waals surface area contributed by atoms with Gasteiger partial charge in [-0.1, -0.05) is 109 Å². The van der Waals surface area contributed by atoms with E-state index in [1.807, 2.05) is 97.1 Å². The van der Waals surface area contributed by atoms with Gasteiger partial charge in [-0.15, -0.1) is 0 Å². The second-order valence-corrected chi connectivity index (χ2v) is 31.2. The van der Waals surface area contributed by atoms with Crippen LogP contribution in [0, 0.1) is 0 Å². The zero-order valence-electron chi connectivity index (χ0n) is 86.0. The Morgan fingerprint density at radius 2 is 0.208 bits per heavy atom. The molecule has 144 heavy (non-hydrogen) atoms. The third kappa shape index (κ3) is 58.2. The molecular weight excluding hydrogens is 1870 g/mol. The fraction of sp³-hybridized carbons (Fsp3) is 0.611. The van der Waals surface area contributed by atoms with Crippen molar-refractivity contribution in [1.29, 1.82) is 0 Å². The minimum Gasteiger partial charge on any atom is -0.491 e. The van der Waals surface area contributed by atoms with Crippen LogP contribution >= 0.6 is 0 Å². The molecule has 36 heteroatoms. The zero-order chi connectivity index (χ0) is 101. The van der Waals surface area contributed by atoms with Gasteiger partial charge in [0, 0.05) is 76.0 Å². The Bertz CT molecular complexity index is 3850. The summed E-state index contributed by atoms with van der Waals surface area (Å²) < 4.78 is 210. The van der Waals surface area contributed by atoms with Crippen LogP contribution in [-0.2, 0) is 142 Å². The first-order chi connectivity index (χ1) is 71.5. The fourth-order valence-corrected chi connectivity index (χ4v) is 13.3. The lowest BCUT2D eigenvalue weighted by Gasteiger charge is -2.20. The lowest BCUT2D eigenvalue weighted by atomic mass is 9.93. The van der Waals surface area contributed by atoms with Gasteiger partial charge in [0.25, 0.3) is 0 Å². The van der Waals surface area contributed by atoms with Gasteiger partial charge in [0.15, 0.2) is 0 Å². The maximum Gasteiger partial charge on any atom is 0.128 e. The summed E-state index contributed by atoms with van der Waals surface area (Å²) in [5.74, 6) is 3.57. The number of benzene rings is 7. The van der Waals surface area contributed by atoms with E-state index in [1.54, 1.807) is 42.7 Å². The predicted molar refractivity (Wildman–Crippen MR) is 543 cm³/mol. The second kappa shape index (κ2) is 88.1. The largest absolute Gasteiger partial charge is 0.491 e. The average Bonchev–Trinajstić information content (AvgIpc) is 0.773. The third-order valence-corrected chi connectivity index (χ3v) is 20.6. The second-order valence-electron chi connectivity index (χ2n) is 31.2. The van der Waals surface area contributed by atoms with Crippen molar-refractivity contribution in [2.45, 2.75) is 0 Å². The first-order valence-electron chi connectivity index (χ1n) is 49.9. The SMILES string of the molecule is COCCOCCOCCOCCOCCOc1cc(-c2ccc(-c3cc(OCCOCCOCCOCCOCCOC)c(-c4ccc(-c5cc(OCCOCCOCCOCCOCCOC)c(-c6ccccc6)cc5OCCOCCOCCOCCOCCOC)cc4)cc3OCCOCCOCCOCCOCCOC)cc2)c(OCCOCCOCCOCCOCCOC)cc1-c1ccccc1. The molecule has 0 atom stereocenters. The van der Waals surface area contributed by atoms with Crippen molar-refractivity contribution in [3.05, 3.63) is 146 Å². The predicted octanol–water partition coefficient (Wildman–Crippen LogP) is 12.2. The molecule has 0 radical (unpaired) electrons. The van der Waals surface area contributed by atoms with Gasteiger partial charge in [0.2, 0.25) is 0 Å². The van der Waals surface area contributed by atoms with Gasteiger partial charge >= 0.3 is 0 Å². The van der Waals surface area contributed by atoms with Crippen molar-refractivity contribution in [2.24, 2.45) is 0 Å². The molecular formula is C108H162O36. The summed E-state index contributed by atoms with van der Waals surface area (Å²) in [5, 5.41) is 0. The van der Waals surface area contributed by atoms with E-state index in [0.29, 0.717) is 365 Å². The molecule has 0 amide bonds. The lowest BCUT2D eigenvalue weighted by Crippen LogP contribution is -2.15. The Morgan fingerprint density at radius 3 is 0.319 bits per heavy atom. The molecule has 810 valence electrons. The molecule has 0 unspecified atom stereocenters. The molecule has 0 aliphatic rings. The lowest BCUT2D eigenvalue weighted by molar-refractivity contribution is -0.00983. The van der Waals surface area contributed by atoms with Crippen molar-refractivity contribution < 1.29 is 171 Å². The molecule has 0 saturated carbocycles. The van der Waals surface area contributed by atoms with Crippen LogP contribution in [0.1, 0.15) is 0 Å². The fourth-order valence-electron chi connectivity index (χ4n) is 13.3. The summed E-state index contributed by atoms with van der Waals surface area (Å²) in [4.78, 5) is 0. The highest BCUT2D eigenvalue weighted by Crippen LogP contribution is 2.47. The minimum absolute atomic E-state index is 0.176.